The molecule has 0 atom stereocenters. The number of halogens is 1. The lowest BCUT2D eigenvalue weighted by Gasteiger charge is -2.16. The number of rotatable bonds is 12. The van der Waals surface area contributed by atoms with E-state index in [1.165, 1.54) is 4.70 Å². The molecule has 158 valence electrons. The number of fused-ring (bicyclic) bond motifs is 1. The van der Waals surface area contributed by atoms with E-state index in [0.717, 1.165) is 68.9 Å². The highest BCUT2D eigenvalue weighted by molar-refractivity contribution is 14.0. The van der Waals surface area contributed by atoms with Crippen LogP contribution >= 0.6 is 35.3 Å². The van der Waals surface area contributed by atoms with Crippen LogP contribution in [-0.4, -0.2) is 75.9 Å². The van der Waals surface area contributed by atoms with Gasteiger partial charge in [-0.05, 0) is 32.5 Å². The maximum Gasteiger partial charge on any atom is 0.191 e. The standard InChI is InChI=1S/C19H32N6OS.HI/c1-4-20-18(22-12-14-25(2)13-7-15-26-3)21-10-11-23-19-24-16-8-5-6-9-17(16)27-19;/h5-6,8-9H,4,7,10-15H2,1-3H3,(H,23,24)(H2,20,21,22);1H. The summed E-state index contributed by atoms with van der Waals surface area (Å²) >= 11 is 1.68. The average Bonchev–Trinajstić information content (AvgIpc) is 3.08. The Morgan fingerprint density at radius 1 is 1.21 bits per heavy atom. The van der Waals surface area contributed by atoms with Crippen molar-refractivity contribution in [3.8, 4) is 0 Å². The number of thiazole rings is 1. The van der Waals surface area contributed by atoms with E-state index in [-0.39, 0.29) is 24.0 Å². The van der Waals surface area contributed by atoms with Gasteiger partial charge in [0.25, 0.3) is 0 Å². The molecule has 0 radical (unpaired) electrons. The van der Waals surface area contributed by atoms with Gasteiger partial charge in [0.05, 0.1) is 16.8 Å². The van der Waals surface area contributed by atoms with Gasteiger partial charge in [-0.1, -0.05) is 23.5 Å². The summed E-state index contributed by atoms with van der Waals surface area (Å²) in [5, 5.41) is 11.0. The Balaban J connectivity index is 0.00000392. The molecule has 1 aromatic carbocycles. The molecule has 1 heterocycles. The molecule has 0 unspecified atom stereocenters. The van der Waals surface area contributed by atoms with Crippen LogP contribution in [0.2, 0.25) is 0 Å². The Morgan fingerprint density at radius 2 is 2.04 bits per heavy atom. The predicted molar refractivity (Wildman–Crippen MR) is 131 cm³/mol. The number of hydrogen-bond donors (Lipinski definition) is 3. The van der Waals surface area contributed by atoms with Gasteiger partial charge in [-0.3, -0.25) is 4.99 Å². The maximum atomic E-state index is 5.09. The van der Waals surface area contributed by atoms with E-state index in [1.807, 2.05) is 18.2 Å². The summed E-state index contributed by atoms with van der Waals surface area (Å²) < 4.78 is 6.29. The van der Waals surface area contributed by atoms with E-state index in [9.17, 15) is 0 Å². The van der Waals surface area contributed by atoms with Crippen molar-refractivity contribution >= 4 is 56.6 Å². The van der Waals surface area contributed by atoms with Crippen LogP contribution in [0.1, 0.15) is 13.3 Å². The number of para-hydroxylation sites is 1. The van der Waals surface area contributed by atoms with Crippen LogP contribution in [0, 0.1) is 0 Å². The van der Waals surface area contributed by atoms with Crippen LogP contribution in [0.15, 0.2) is 29.3 Å². The summed E-state index contributed by atoms with van der Waals surface area (Å²) in [4.78, 5) is 11.5. The third-order valence-corrected chi connectivity index (χ3v) is 4.97. The van der Waals surface area contributed by atoms with Gasteiger partial charge in [0.15, 0.2) is 11.1 Å². The van der Waals surface area contributed by atoms with Gasteiger partial charge in [0.1, 0.15) is 0 Å². The summed E-state index contributed by atoms with van der Waals surface area (Å²) in [6, 6.07) is 8.19. The van der Waals surface area contributed by atoms with E-state index in [2.05, 4.69) is 50.9 Å². The molecule has 1 aromatic heterocycles. The molecular formula is C19H33IN6OS. The minimum Gasteiger partial charge on any atom is -0.385 e. The lowest BCUT2D eigenvalue weighted by atomic mass is 10.3. The van der Waals surface area contributed by atoms with Crippen molar-refractivity contribution in [2.45, 2.75) is 13.3 Å². The molecule has 28 heavy (non-hydrogen) atoms. The smallest absolute Gasteiger partial charge is 0.191 e. The van der Waals surface area contributed by atoms with Gasteiger partial charge in [0, 0.05) is 46.4 Å². The van der Waals surface area contributed by atoms with Crippen LogP contribution in [0.4, 0.5) is 5.13 Å². The summed E-state index contributed by atoms with van der Waals surface area (Å²) in [6.45, 7) is 8.04. The number of aromatic nitrogens is 1. The third-order valence-electron chi connectivity index (χ3n) is 3.97. The summed E-state index contributed by atoms with van der Waals surface area (Å²) in [6.07, 6.45) is 1.05. The van der Waals surface area contributed by atoms with Crippen LogP contribution in [0.5, 0.6) is 0 Å². The van der Waals surface area contributed by atoms with Gasteiger partial charge in [0.2, 0.25) is 0 Å². The molecule has 0 aliphatic carbocycles. The first-order valence-corrected chi connectivity index (χ1v) is 10.3. The fraction of sp³-hybridized carbons (Fsp3) is 0.579. The molecule has 0 saturated heterocycles. The monoisotopic (exact) mass is 520 g/mol. The molecule has 0 amide bonds. The number of nitrogens with zero attached hydrogens (tertiary/aromatic N) is 3. The van der Waals surface area contributed by atoms with Crippen molar-refractivity contribution < 1.29 is 4.74 Å². The Kier molecular flexibility index (Phi) is 13.1. The number of aliphatic imine (C=N–C) groups is 1. The third kappa shape index (κ3) is 9.35. The highest BCUT2D eigenvalue weighted by Crippen LogP contribution is 2.24. The van der Waals surface area contributed by atoms with Gasteiger partial charge >= 0.3 is 0 Å². The van der Waals surface area contributed by atoms with Crippen molar-refractivity contribution in [3.05, 3.63) is 24.3 Å². The molecular weight excluding hydrogens is 487 g/mol. The minimum atomic E-state index is 0. The van der Waals surface area contributed by atoms with E-state index in [0.29, 0.717) is 0 Å². The second kappa shape index (κ2) is 14.8. The maximum absolute atomic E-state index is 5.09. The Morgan fingerprint density at radius 3 is 2.79 bits per heavy atom. The van der Waals surface area contributed by atoms with E-state index < -0.39 is 0 Å². The molecule has 3 N–H and O–H groups in total. The molecule has 9 heteroatoms. The Labute approximate surface area is 189 Å². The molecule has 0 aliphatic rings. The van der Waals surface area contributed by atoms with Crippen molar-refractivity contribution in [2.75, 3.05) is 65.3 Å². The van der Waals surface area contributed by atoms with Crippen LogP contribution < -0.4 is 16.0 Å². The first kappa shape index (κ1) is 24.9. The molecule has 0 bridgehead atoms. The lowest BCUT2D eigenvalue weighted by molar-refractivity contribution is 0.180. The molecule has 0 spiro atoms. The van der Waals surface area contributed by atoms with Crippen molar-refractivity contribution in [1.29, 1.82) is 0 Å². The van der Waals surface area contributed by atoms with Gasteiger partial charge < -0.3 is 25.6 Å². The van der Waals surface area contributed by atoms with Crippen molar-refractivity contribution in [2.24, 2.45) is 4.99 Å². The molecule has 2 rings (SSSR count). The second-order valence-electron chi connectivity index (χ2n) is 6.25. The van der Waals surface area contributed by atoms with Gasteiger partial charge in [-0.25, -0.2) is 4.98 Å². The number of guanidine groups is 1. The van der Waals surface area contributed by atoms with E-state index in [1.54, 1.807) is 18.4 Å². The summed E-state index contributed by atoms with van der Waals surface area (Å²) in [5.74, 6) is 0.855. The average molecular weight is 520 g/mol. The molecule has 0 fully saturated rings. The largest absolute Gasteiger partial charge is 0.385 e. The first-order chi connectivity index (χ1) is 13.2. The first-order valence-electron chi connectivity index (χ1n) is 9.52. The molecule has 0 aliphatic heterocycles. The quantitative estimate of drug-likeness (QED) is 0.173. The SMILES string of the molecule is CCNC(=NCCN(C)CCCOC)NCCNc1nc2ccccc2s1.I. The fourth-order valence-corrected chi connectivity index (χ4v) is 3.45. The normalized spacial score (nSPS) is 11.5. The second-order valence-corrected chi connectivity index (χ2v) is 7.28. The van der Waals surface area contributed by atoms with Crippen LogP contribution in [-0.2, 0) is 4.74 Å². The van der Waals surface area contributed by atoms with Gasteiger partial charge in [-0.2, -0.15) is 0 Å². The predicted octanol–water partition coefficient (Wildman–Crippen LogP) is 2.85. The molecule has 7 nitrogen and oxygen atoms in total. The van der Waals surface area contributed by atoms with Crippen LogP contribution in [0.3, 0.4) is 0 Å². The lowest BCUT2D eigenvalue weighted by Crippen LogP contribution is -2.40. The highest BCUT2D eigenvalue weighted by Gasteiger charge is 2.03. The minimum absolute atomic E-state index is 0. The zero-order chi connectivity index (χ0) is 19.3. The summed E-state index contributed by atoms with van der Waals surface area (Å²) in [5.41, 5.74) is 1.04. The van der Waals surface area contributed by atoms with Crippen molar-refractivity contribution in [3.63, 3.8) is 0 Å². The summed E-state index contributed by atoms with van der Waals surface area (Å²) in [7, 11) is 3.86. The van der Waals surface area contributed by atoms with E-state index in [4.69, 9.17) is 4.74 Å². The number of nitrogens with one attached hydrogen (secondary N) is 3. The van der Waals surface area contributed by atoms with E-state index >= 15 is 0 Å². The number of ether oxygens (including phenoxy) is 1. The number of anilines is 1. The van der Waals surface area contributed by atoms with Crippen LogP contribution in [0.25, 0.3) is 10.2 Å². The Hall–Kier alpha value is -1.17. The fourth-order valence-electron chi connectivity index (χ4n) is 2.56. The number of methoxy groups -OCH3 is 1. The zero-order valence-corrected chi connectivity index (χ0v) is 20.2. The number of benzene rings is 1. The Bertz CT molecular complexity index is 663. The topological polar surface area (TPSA) is 73.8 Å². The van der Waals surface area contributed by atoms with Crippen molar-refractivity contribution in [1.82, 2.24) is 20.5 Å². The molecule has 2 aromatic rings. The number of hydrogen-bond acceptors (Lipinski definition) is 6. The highest BCUT2D eigenvalue weighted by atomic mass is 127. The van der Waals surface area contributed by atoms with Gasteiger partial charge in [-0.15, -0.1) is 24.0 Å². The molecule has 0 saturated carbocycles. The zero-order valence-electron chi connectivity index (χ0n) is 17.0. The number of likely N-dealkylation sites (N-methyl/N-ethyl adjacent to an activating group) is 1.